The van der Waals surface area contributed by atoms with Gasteiger partial charge in [-0.25, -0.2) is 0 Å². The average Bonchev–Trinajstić information content (AvgIpc) is 2.31. The van der Waals surface area contributed by atoms with Crippen LogP contribution in [0.25, 0.3) is 0 Å². The molecular formula is C12H19ClN2O2. The van der Waals surface area contributed by atoms with Gasteiger partial charge in [0.2, 0.25) is 0 Å². The highest BCUT2D eigenvalue weighted by molar-refractivity contribution is 6.33. The van der Waals surface area contributed by atoms with Gasteiger partial charge in [0.25, 0.3) is 0 Å². The van der Waals surface area contributed by atoms with Gasteiger partial charge in [-0.2, -0.15) is 0 Å². The Balaban J connectivity index is 2.18. The zero-order valence-corrected chi connectivity index (χ0v) is 10.8. The number of anilines is 2. The first-order valence-corrected chi connectivity index (χ1v) is 5.98. The lowest BCUT2D eigenvalue weighted by atomic mass is 10.2. The molecule has 17 heavy (non-hydrogen) atoms. The Kier molecular flexibility index (Phi) is 6.77. The van der Waals surface area contributed by atoms with Crippen molar-refractivity contribution in [1.29, 1.82) is 0 Å². The first kappa shape index (κ1) is 14.1. The fraction of sp³-hybridized carbons (Fsp3) is 0.500. The second kappa shape index (κ2) is 8.17. The molecule has 0 spiro atoms. The number of hydrogen-bond donors (Lipinski definition) is 2. The zero-order chi connectivity index (χ0) is 12.5. The lowest BCUT2D eigenvalue weighted by Crippen LogP contribution is -2.09. The smallest absolute Gasteiger partial charge is 0.0763 e. The lowest BCUT2D eigenvalue weighted by Gasteiger charge is -2.11. The second-order valence-electron chi connectivity index (χ2n) is 3.59. The van der Waals surface area contributed by atoms with Gasteiger partial charge in [-0.05, 0) is 18.6 Å². The third-order valence-electron chi connectivity index (χ3n) is 2.24. The van der Waals surface area contributed by atoms with Gasteiger partial charge in [-0.1, -0.05) is 17.7 Å². The summed E-state index contributed by atoms with van der Waals surface area (Å²) in [6.45, 7) is 2.73. The minimum Gasteiger partial charge on any atom is -0.397 e. The SMILES string of the molecule is COCCOCCCNc1c(N)cccc1Cl. The van der Waals surface area contributed by atoms with E-state index in [9.17, 15) is 0 Å². The Morgan fingerprint density at radius 1 is 1.29 bits per heavy atom. The largest absolute Gasteiger partial charge is 0.397 e. The summed E-state index contributed by atoms with van der Waals surface area (Å²) in [6, 6.07) is 5.47. The lowest BCUT2D eigenvalue weighted by molar-refractivity contribution is 0.0705. The molecule has 0 fully saturated rings. The highest BCUT2D eigenvalue weighted by Gasteiger charge is 2.02. The summed E-state index contributed by atoms with van der Waals surface area (Å²) in [5.74, 6) is 0. The maximum atomic E-state index is 6.02. The maximum Gasteiger partial charge on any atom is 0.0763 e. The number of nitrogens with one attached hydrogen (secondary N) is 1. The van der Waals surface area contributed by atoms with Crippen LogP contribution in [-0.2, 0) is 9.47 Å². The predicted octanol–water partition coefficient (Wildman–Crippen LogP) is 2.39. The molecular weight excluding hydrogens is 240 g/mol. The van der Waals surface area contributed by atoms with Crippen LogP contribution >= 0.6 is 11.6 Å². The number of methoxy groups -OCH3 is 1. The quantitative estimate of drug-likeness (QED) is 0.555. The molecule has 0 bridgehead atoms. The first-order valence-electron chi connectivity index (χ1n) is 5.60. The van der Waals surface area contributed by atoms with Crippen molar-refractivity contribution >= 4 is 23.0 Å². The minimum atomic E-state index is 0.630. The van der Waals surface area contributed by atoms with Crippen LogP contribution in [0.2, 0.25) is 5.02 Å². The summed E-state index contributed by atoms with van der Waals surface area (Å²) in [5.41, 5.74) is 7.27. The monoisotopic (exact) mass is 258 g/mol. The molecule has 0 unspecified atom stereocenters. The van der Waals surface area contributed by atoms with Crippen LogP contribution in [0.5, 0.6) is 0 Å². The number of nitrogen functional groups attached to an aromatic ring is 1. The molecule has 0 radical (unpaired) electrons. The van der Waals surface area contributed by atoms with Gasteiger partial charge in [0.15, 0.2) is 0 Å². The number of nitrogens with two attached hydrogens (primary N) is 1. The van der Waals surface area contributed by atoms with Crippen molar-refractivity contribution in [2.24, 2.45) is 0 Å². The van der Waals surface area contributed by atoms with Gasteiger partial charge in [0, 0.05) is 20.3 Å². The fourth-order valence-corrected chi connectivity index (χ4v) is 1.61. The Labute approximate surface area is 107 Å². The van der Waals surface area contributed by atoms with Gasteiger partial charge >= 0.3 is 0 Å². The number of benzene rings is 1. The van der Waals surface area contributed by atoms with Crippen LogP contribution in [0.15, 0.2) is 18.2 Å². The number of para-hydroxylation sites is 1. The summed E-state index contributed by atoms with van der Waals surface area (Å²) in [5, 5.41) is 3.85. The Hall–Kier alpha value is -0.970. The van der Waals surface area contributed by atoms with Crippen molar-refractivity contribution in [3.05, 3.63) is 23.2 Å². The molecule has 1 aromatic carbocycles. The standard InChI is InChI=1S/C12H19ClN2O2/c1-16-8-9-17-7-3-6-15-12-10(13)4-2-5-11(12)14/h2,4-5,15H,3,6-9,14H2,1H3. The number of rotatable bonds is 8. The topological polar surface area (TPSA) is 56.5 Å². The average molecular weight is 259 g/mol. The van der Waals surface area contributed by atoms with Crippen LogP contribution in [0.4, 0.5) is 11.4 Å². The van der Waals surface area contributed by atoms with Gasteiger partial charge < -0.3 is 20.5 Å². The van der Waals surface area contributed by atoms with Gasteiger partial charge in [0.1, 0.15) is 0 Å². The molecule has 0 aromatic heterocycles. The predicted molar refractivity (Wildman–Crippen MR) is 71.7 cm³/mol. The van der Waals surface area contributed by atoms with Gasteiger partial charge in [-0.3, -0.25) is 0 Å². The Morgan fingerprint density at radius 2 is 2.12 bits per heavy atom. The Bertz CT molecular complexity index is 314. The second-order valence-corrected chi connectivity index (χ2v) is 4.00. The van der Waals surface area contributed by atoms with E-state index in [1.54, 1.807) is 7.11 Å². The minimum absolute atomic E-state index is 0.630. The van der Waals surface area contributed by atoms with Crippen LogP contribution in [-0.4, -0.2) is 33.5 Å². The van der Waals surface area contributed by atoms with Crippen molar-refractivity contribution in [3.8, 4) is 0 Å². The molecule has 5 heteroatoms. The van der Waals surface area contributed by atoms with Crippen molar-refractivity contribution in [2.75, 3.05) is 44.5 Å². The highest BCUT2D eigenvalue weighted by atomic mass is 35.5. The van der Waals surface area contributed by atoms with E-state index >= 15 is 0 Å². The van der Waals surface area contributed by atoms with E-state index < -0.39 is 0 Å². The van der Waals surface area contributed by atoms with Crippen LogP contribution in [0, 0.1) is 0 Å². The molecule has 1 aromatic rings. The van der Waals surface area contributed by atoms with Crippen molar-refractivity contribution in [1.82, 2.24) is 0 Å². The summed E-state index contributed by atoms with van der Waals surface area (Å²) < 4.78 is 10.2. The maximum absolute atomic E-state index is 6.02. The molecule has 96 valence electrons. The zero-order valence-electron chi connectivity index (χ0n) is 10.0. The van der Waals surface area contributed by atoms with Crippen LogP contribution in [0.1, 0.15) is 6.42 Å². The number of halogens is 1. The molecule has 1 rings (SSSR count). The highest BCUT2D eigenvalue weighted by Crippen LogP contribution is 2.27. The van der Waals surface area contributed by atoms with Gasteiger partial charge in [0.05, 0.1) is 29.6 Å². The summed E-state index contributed by atoms with van der Waals surface area (Å²) >= 11 is 6.02. The van der Waals surface area contributed by atoms with E-state index in [2.05, 4.69) is 5.32 Å². The Morgan fingerprint density at radius 3 is 2.82 bits per heavy atom. The van der Waals surface area contributed by atoms with E-state index in [4.69, 9.17) is 26.8 Å². The molecule has 0 amide bonds. The molecule has 4 nitrogen and oxygen atoms in total. The number of hydrogen-bond acceptors (Lipinski definition) is 4. The molecule has 0 aliphatic heterocycles. The summed E-state index contributed by atoms with van der Waals surface area (Å²) in [4.78, 5) is 0. The molecule has 3 N–H and O–H groups in total. The first-order chi connectivity index (χ1) is 8.25. The summed E-state index contributed by atoms with van der Waals surface area (Å²) in [7, 11) is 1.66. The third-order valence-corrected chi connectivity index (χ3v) is 2.56. The van der Waals surface area contributed by atoms with E-state index in [0.717, 1.165) is 18.7 Å². The van der Waals surface area contributed by atoms with Crippen molar-refractivity contribution < 1.29 is 9.47 Å². The van der Waals surface area contributed by atoms with Gasteiger partial charge in [-0.15, -0.1) is 0 Å². The van der Waals surface area contributed by atoms with E-state index in [1.807, 2.05) is 18.2 Å². The van der Waals surface area contributed by atoms with Crippen molar-refractivity contribution in [3.63, 3.8) is 0 Å². The van der Waals surface area contributed by atoms with Crippen LogP contribution < -0.4 is 11.1 Å². The summed E-state index contributed by atoms with van der Waals surface area (Å²) in [6.07, 6.45) is 0.897. The molecule has 0 heterocycles. The molecule has 0 saturated carbocycles. The van der Waals surface area contributed by atoms with E-state index in [-0.39, 0.29) is 0 Å². The molecule has 0 aliphatic carbocycles. The third kappa shape index (κ3) is 5.26. The molecule has 0 saturated heterocycles. The van der Waals surface area contributed by atoms with E-state index in [0.29, 0.717) is 30.5 Å². The molecule has 0 atom stereocenters. The van der Waals surface area contributed by atoms with Crippen molar-refractivity contribution in [2.45, 2.75) is 6.42 Å². The fourth-order valence-electron chi connectivity index (χ4n) is 1.36. The van der Waals surface area contributed by atoms with E-state index in [1.165, 1.54) is 0 Å². The molecule has 0 aliphatic rings. The normalized spacial score (nSPS) is 10.5. The number of ether oxygens (including phenoxy) is 2. The van der Waals surface area contributed by atoms with Crippen LogP contribution in [0.3, 0.4) is 0 Å².